The van der Waals surface area contributed by atoms with Gasteiger partial charge in [-0.1, -0.05) is 54.1 Å². The fraction of sp³-hybridized carbons (Fsp3) is 0.0714. The first kappa shape index (κ1) is 24.0. The highest BCUT2D eigenvalue weighted by molar-refractivity contribution is 7.09. The summed E-state index contributed by atoms with van der Waals surface area (Å²) in [6.45, 7) is 0. The Morgan fingerprint density at radius 1 is 0.917 bits per heavy atom. The summed E-state index contributed by atoms with van der Waals surface area (Å²) in [7, 11) is 0. The first-order valence-electron chi connectivity index (χ1n) is 10.9. The second-order valence-corrected chi connectivity index (χ2v) is 9.56. The summed E-state index contributed by atoms with van der Waals surface area (Å²) in [5.41, 5.74) is 2.94. The molecule has 1 N–H and O–H groups in total. The van der Waals surface area contributed by atoms with Gasteiger partial charge in [0, 0.05) is 33.6 Å². The van der Waals surface area contributed by atoms with Crippen LogP contribution in [0.3, 0.4) is 0 Å². The minimum absolute atomic E-state index is 0.134. The largest absolute Gasteiger partial charge is 0.416 e. The van der Waals surface area contributed by atoms with Crippen molar-refractivity contribution >= 4 is 46.0 Å². The first-order chi connectivity index (χ1) is 17.3. The number of aromatic nitrogens is 2. The van der Waals surface area contributed by atoms with Crippen molar-refractivity contribution in [2.24, 2.45) is 0 Å². The average molecular weight is 523 g/mol. The van der Waals surface area contributed by atoms with E-state index in [1.807, 2.05) is 47.8 Å². The van der Waals surface area contributed by atoms with Gasteiger partial charge in [-0.2, -0.15) is 13.2 Å². The van der Waals surface area contributed by atoms with Gasteiger partial charge in [0.05, 0.1) is 11.5 Å². The van der Waals surface area contributed by atoms with Crippen LogP contribution >= 0.6 is 22.9 Å². The molecule has 0 radical (unpaired) electrons. The standard InChI is InChI=1S/C28H18ClF3N2OS/c29-22-10-5-18(6-11-22)26(27-33-13-14-36-27)20-7-12-24-23(15-20)19(16-25(35)34-24)4-1-17-2-8-21(9-3-17)28(30,31)32/h1-16,26H,(H,34,35)/b4-1+. The molecule has 8 heteroatoms. The van der Waals surface area contributed by atoms with Gasteiger partial charge < -0.3 is 4.98 Å². The third kappa shape index (κ3) is 5.12. The number of rotatable bonds is 5. The minimum atomic E-state index is -4.39. The van der Waals surface area contributed by atoms with Gasteiger partial charge in [-0.05, 0) is 58.7 Å². The Hall–Kier alpha value is -3.68. The van der Waals surface area contributed by atoms with E-state index in [2.05, 4.69) is 9.97 Å². The Labute approximate surface area is 213 Å². The molecule has 0 aliphatic rings. The lowest BCUT2D eigenvalue weighted by molar-refractivity contribution is -0.137. The molecular formula is C28H18ClF3N2OS. The number of nitrogens with zero attached hydrogens (tertiary/aromatic N) is 1. The summed E-state index contributed by atoms with van der Waals surface area (Å²) < 4.78 is 38.6. The number of benzene rings is 3. The molecule has 5 rings (SSSR count). The zero-order chi connectivity index (χ0) is 25.3. The van der Waals surface area contributed by atoms with Gasteiger partial charge in [0.1, 0.15) is 5.01 Å². The summed E-state index contributed by atoms with van der Waals surface area (Å²) in [5, 5.41) is 4.30. The number of halogens is 4. The van der Waals surface area contributed by atoms with Crippen molar-refractivity contribution in [3.05, 3.63) is 133 Å². The number of pyridine rings is 1. The topological polar surface area (TPSA) is 45.8 Å². The average Bonchev–Trinajstić information content (AvgIpc) is 3.38. The van der Waals surface area contributed by atoms with Crippen LogP contribution in [0, 0.1) is 0 Å². The van der Waals surface area contributed by atoms with Crippen molar-refractivity contribution < 1.29 is 13.2 Å². The van der Waals surface area contributed by atoms with Crippen LogP contribution in [0.15, 0.2) is 89.2 Å². The molecule has 1 unspecified atom stereocenters. The molecule has 1 atom stereocenters. The molecule has 3 nitrogen and oxygen atoms in total. The molecule has 0 spiro atoms. The zero-order valence-corrected chi connectivity index (χ0v) is 20.2. The number of thiazole rings is 1. The highest BCUT2D eigenvalue weighted by Crippen LogP contribution is 2.35. The SMILES string of the molecule is O=c1cc(/C=C/c2ccc(C(F)(F)F)cc2)c2cc(C(c3ccc(Cl)cc3)c3nccs3)ccc2[nH]1. The van der Waals surface area contributed by atoms with Gasteiger partial charge in [0.2, 0.25) is 5.56 Å². The number of nitrogens with one attached hydrogen (secondary N) is 1. The molecule has 2 aromatic heterocycles. The van der Waals surface area contributed by atoms with Crippen molar-refractivity contribution in [2.45, 2.75) is 12.1 Å². The van der Waals surface area contributed by atoms with Crippen LogP contribution in [0.5, 0.6) is 0 Å². The highest BCUT2D eigenvalue weighted by Gasteiger charge is 2.29. The van der Waals surface area contributed by atoms with E-state index < -0.39 is 11.7 Å². The van der Waals surface area contributed by atoms with Crippen LogP contribution in [-0.2, 0) is 6.18 Å². The lowest BCUT2D eigenvalue weighted by Gasteiger charge is -2.17. The highest BCUT2D eigenvalue weighted by atomic mass is 35.5. The third-order valence-electron chi connectivity index (χ3n) is 5.83. The summed E-state index contributed by atoms with van der Waals surface area (Å²) in [4.78, 5) is 19.7. The normalized spacial score (nSPS) is 12.9. The molecule has 3 aromatic carbocycles. The molecule has 0 aliphatic heterocycles. The number of hydrogen-bond acceptors (Lipinski definition) is 3. The number of H-pyrrole nitrogens is 1. The van der Waals surface area contributed by atoms with Crippen LogP contribution < -0.4 is 5.56 Å². The summed E-state index contributed by atoms with van der Waals surface area (Å²) in [5.74, 6) is -0.134. The first-order valence-corrected chi connectivity index (χ1v) is 12.2. The smallest absolute Gasteiger partial charge is 0.322 e. The van der Waals surface area contributed by atoms with Crippen molar-refractivity contribution in [3.63, 3.8) is 0 Å². The van der Waals surface area contributed by atoms with Gasteiger partial charge in [0.15, 0.2) is 0 Å². The molecule has 0 bridgehead atoms. The van der Waals surface area contributed by atoms with E-state index in [-0.39, 0.29) is 11.5 Å². The van der Waals surface area contributed by atoms with Gasteiger partial charge in [-0.25, -0.2) is 4.98 Å². The van der Waals surface area contributed by atoms with Crippen molar-refractivity contribution in [1.29, 1.82) is 0 Å². The molecule has 0 saturated carbocycles. The van der Waals surface area contributed by atoms with Crippen LogP contribution in [0.25, 0.3) is 23.1 Å². The second-order valence-electron chi connectivity index (χ2n) is 8.20. The lowest BCUT2D eigenvalue weighted by atomic mass is 9.90. The number of fused-ring (bicyclic) bond motifs is 1. The van der Waals surface area contributed by atoms with Crippen LogP contribution in [0.4, 0.5) is 13.2 Å². The molecule has 0 saturated heterocycles. The second kappa shape index (κ2) is 9.76. The van der Waals surface area contributed by atoms with E-state index in [0.29, 0.717) is 21.7 Å². The minimum Gasteiger partial charge on any atom is -0.322 e. The van der Waals surface area contributed by atoms with Crippen LogP contribution in [-0.4, -0.2) is 9.97 Å². The molecule has 36 heavy (non-hydrogen) atoms. The van der Waals surface area contributed by atoms with Gasteiger partial charge in [-0.15, -0.1) is 11.3 Å². The fourth-order valence-corrected chi connectivity index (χ4v) is 5.01. The van der Waals surface area contributed by atoms with Crippen molar-refractivity contribution in [1.82, 2.24) is 9.97 Å². The predicted octanol–water partition coefficient (Wildman–Crippen LogP) is 8.01. The molecule has 0 fully saturated rings. The number of hydrogen-bond donors (Lipinski definition) is 1. The molecule has 0 aliphatic carbocycles. The Balaban J connectivity index is 1.58. The monoisotopic (exact) mass is 522 g/mol. The Morgan fingerprint density at radius 2 is 1.64 bits per heavy atom. The summed E-state index contributed by atoms with van der Waals surface area (Å²) >= 11 is 7.66. The Kier molecular flexibility index (Phi) is 6.51. The molecule has 2 heterocycles. The molecular weight excluding hydrogens is 505 g/mol. The van der Waals surface area contributed by atoms with E-state index in [9.17, 15) is 18.0 Å². The number of aromatic amines is 1. The Bertz CT molecular complexity index is 1590. The van der Waals surface area contributed by atoms with Crippen molar-refractivity contribution in [2.75, 3.05) is 0 Å². The molecule has 0 amide bonds. The fourth-order valence-electron chi connectivity index (χ4n) is 4.09. The van der Waals surface area contributed by atoms with E-state index >= 15 is 0 Å². The number of alkyl halides is 3. The van der Waals surface area contributed by atoms with E-state index in [4.69, 9.17) is 11.6 Å². The van der Waals surface area contributed by atoms with E-state index in [1.54, 1.807) is 29.7 Å². The molecule has 5 aromatic rings. The van der Waals surface area contributed by atoms with Crippen molar-refractivity contribution in [3.8, 4) is 0 Å². The maximum absolute atomic E-state index is 12.9. The maximum atomic E-state index is 12.9. The van der Waals surface area contributed by atoms with Gasteiger partial charge >= 0.3 is 6.18 Å². The van der Waals surface area contributed by atoms with Crippen LogP contribution in [0.2, 0.25) is 5.02 Å². The summed E-state index contributed by atoms with van der Waals surface area (Å²) in [6, 6.07) is 19.8. The Morgan fingerprint density at radius 3 is 2.31 bits per heavy atom. The lowest BCUT2D eigenvalue weighted by Crippen LogP contribution is -2.07. The third-order valence-corrected chi connectivity index (χ3v) is 6.92. The molecule has 180 valence electrons. The van der Waals surface area contributed by atoms with Gasteiger partial charge in [0.25, 0.3) is 0 Å². The predicted molar refractivity (Wildman–Crippen MR) is 139 cm³/mol. The summed E-state index contributed by atoms with van der Waals surface area (Å²) in [6.07, 6.45) is 0.808. The van der Waals surface area contributed by atoms with Gasteiger partial charge in [-0.3, -0.25) is 4.79 Å². The zero-order valence-electron chi connectivity index (χ0n) is 18.6. The van der Waals surface area contributed by atoms with E-state index in [1.165, 1.54) is 18.2 Å². The maximum Gasteiger partial charge on any atom is 0.416 e. The quantitative estimate of drug-likeness (QED) is 0.254. The van der Waals surface area contributed by atoms with E-state index in [0.717, 1.165) is 33.7 Å². The van der Waals surface area contributed by atoms with Crippen LogP contribution in [0.1, 0.15) is 38.7 Å².